The van der Waals surface area contributed by atoms with E-state index in [4.69, 9.17) is 11.6 Å². The van der Waals surface area contributed by atoms with Gasteiger partial charge < -0.3 is 9.80 Å². The molecule has 1 saturated heterocycles. The lowest BCUT2D eigenvalue weighted by Gasteiger charge is -2.34. The summed E-state index contributed by atoms with van der Waals surface area (Å²) in [7, 11) is 0. The maximum atomic E-state index is 13.3. The second kappa shape index (κ2) is 12.5. The van der Waals surface area contributed by atoms with E-state index >= 15 is 0 Å². The zero-order valence-corrected chi connectivity index (χ0v) is 18.9. The van der Waals surface area contributed by atoms with Crippen LogP contribution < -0.4 is 0 Å². The number of carbonyl (C=O) groups excluding carboxylic acids is 1. The highest BCUT2D eigenvalue weighted by Gasteiger charge is 2.23. The van der Waals surface area contributed by atoms with Crippen molar-refractivity contribution in [3.63, 3.8) is 0 Å². The van der Waals surface area contributed by atoms with Crippen LogP contribution in [0.5, 0.6) is 0 Å². The van der Waals surface area contributed by atoms with Gasteiger partial charge in [-0.05, 0) is 63.3 Å². The molecular formula is C24H39ClN2O. The molecule has 0 N–H and O–H groups in total. The molecule has 0 aliphatic carbocycles. The molecule has 0 spiro atoms. The van der Waals surface area contributed by atoms with Crippen molar-refractivity contribution in [3.05, 3.63) is 34.9 Å². The van der Waals surface area contributed by atoms with E-state index in [1.54, 1.807) is 0 Å². The van der Waals surface area contributed by atoms with E-state index in [9.17, 15) is 4.79 Å². The molecule has 158 valence electrons. The minimum atomic E-state index is 0.154. The van der Waals surface area contributed by atoms with Crippen molar-refractivity contribution < 1.29 is 4.79 Å². The summed E-state index contributed by atoms with van der Waals surface area (Å²) >= 11 is 6.04. The number of likely N-dealkylation sites (tertiary alicyclic amines) is 1. The third kappa shape index (κ3) is 7.40. The number of carbonyl (C=O) groups is 1. The van der Waals surface area contributed by atoms with Crippen LogP contribution in [0.4, 0.5) is 0 Å². The van der Waals surface area contributed by atoms with Crippen LogP contribution in [0.3, 0.4) is 0 Å². The summed E-state index contributed by atoms with van der Waals surface area (Å²) in [5, 5.41) is 0.745. The maximum absolute atomic E-state index is 13.3. The Balaban J connectivity index is 1.99. The van der Waals surface area contributed by atoms with Crippen LogP contribution in [0.25, 0.3) is 0 Å². The molecule has 0 radical (unpaired) electrons. The Kier molecular flexibility index (Phi) is 10.4. The first-order chi connectivity index (χ1) is 13.5. The minimum absolute atomic E-state index is 0.154. The quantitative estimate of drug-likeness (QED) is 0.440. The predicted octanol–water partition coefficient (Wildman–Crippen LogP) is 6.15. The van der Waals surface area contributed by atoms with Crippen molar-refractivity contribution in [2.45, 2.75) is 84.7 Å². The first kappa shape index (κ1) is 23.2. The smallest absolute Gasteiger partial charge is 0.225 e. The summed E-state index contributed by atoms with van der Waals surface area (Å²) in [6.07, 6.45) is 9.24. The normalized spacial score (nSPS) is 18.8. The van der Waals surface area contributed by atoms with Crippen LogP contribution in [0.2, 0.25) is 5.02 Å². The Hall–Kier alpha value is -1.06. The van der Waals surface area contributed by atoms with Crippen molar-refractivity contribution in [3.8, 4) is 0 Å². The molecule has 1 amide bonds. The van der Waals surface area contributed by atoms with Crippen molar-refractivity contribution in [1.29, 1.82) is 0 Å². The van der Waals surface area contributed by atoms with Gasteiger partial charge in [0.15, 0.2) is 0 Å². The molecule has 1 heterocycles. The molecule has 2 rings (SSSR count). The molecule has 0 saturated carbocycles. The van der Waals surface area contributed by atoms with Crippen LogP contribution in [-0.2, 0) is 11.3 Å². The van der Waals surface area contributed by atoms with Gasteiger partial charge in [-0.2, -0.15) is 0 Å². The van der Waals surface area contributed by atoms with Gasteiger partial charge in [0.2, 0.25) is 5.91 Å². The van der Waals surface area contributed by atoms with Crippen LogP contribution >= 0.6 is 11.6 Å². The number of piperidine rings is 1. The summed E-state index contributed by atoms with van der Waals surface area (Å²) in [6.45, 7) is 10.5. The fourth-order valence-corrected chi connectivity index (χ4v) is 4.37. The minimum Gasteiger partial charge on any atom is -0.338 e. The number of unbranched alkanes of at least 4 members (excludes halogenated alkanes) is 1. The van der Waals surface area contributed by atoms with Crippen molar-refractivity contribution in [2.24, 2.45) is 5.92 Å². The summed E-state index contributed by atoms with van der Waals surface area (Å²) in [6, 6.07) is 8.61. The fourth-order valence-electron chi connectivity index (χ4n) is 4.24. The molecule has 28 heavy (non-hydrogen) atoms. The standard InChI is InChI=1S/C24H39ClN2O/c1-4-6-11-22(5-2)24(28)27(19-21-12-14-23(25)15-13-21)18-9-17-26-16-8-7-10-20(26)3/h12-15,20,22H,4-11,16-19H2,1-3H3. The lowest BCUT2D eigenvalue weighted by Crippen LogP contribution is -2.41. The number of halogens is 1. The summed E-state index contributed by atoms with van der Waals surface area (Å²) in [4.78, 5) is 18.0. The second-order valence-corrected chi connectivity index (χ2v) is 8.80. The van der Waals surface area contributed by atoms with E-state index < -0.39 is 0 Å². The Morgan fingerprint density at radius 3 is 2.61 bits per heavy atom. The monoisotopic (exact) mass is 406 g/mol. The zero-order chi connectivity index (χ0) is 20.4. The van der Waals surface area contributed by atoms with E-state index in [1.165, 1.54) is 25.8 Å². The Bertz CT molecular complexity index is 574. The second-order valence-electron chi connectivity index (χ2n) is 8.37. The number of rotatable bonds is 11. The molecule has 3 nitrogen and oxygen atoms in total. The largest absolute Gasteiger partial charge is 0.338 e. The number of hydrogen-bond donors (Lipinski definition) is 0. The SMILES string of the molecule is CCCCC(CC)C(=O)N(CCCN1CCCCC1C)Cc1ccc(Cl)cc1. The molecule has 0 aromatic heterocycles. The van der Waals surface area contributed by atoms with Crippen LogP contribution in [-0.4, -0.2) is 41.4 Å². The average Bonchev–Trinajstić information content (AvgIpc) is 2.70. The number of nitrogens with zero attached hydrogens (tertiary/aromatic N) is 2. The van der Waals surface area contributed by atoms with E-state index in [1.807, 2.05) is 24.3 Å². The zero-order valence-electron chi connectivity index (χ0n) is 18.1. The van der Waals surface area contributed by atoms with Gasteiger partial charge in [-0.15, -0.1) is 0 Å². The van der Waals surface area contributed by atoms with E-state index in [0.717, 1.165) is 55.8 Å². The Morgan fingerprint density at radius 2 is 1.96 bits per heavy atom. The molecule has 2 unspecified atom stereocenters. The number of benzene rings is 1. The van der Waals surface area contributed by atoms with Crippen molar-refractivity contribution >= 4 is 17.5 Å². The number of amides is 1. The lowest BCUT2D eigenvalue weighted by atomic mass is 9.97. The third-order valence-corrected chi connectivity index (χ3v) is 6.41. The average molecular weight is 407 g/mol. The molecule has 1 aliphatic heterocycles. The molecule has 1 fully saturated rings. The van der Waals surface area contributed by atoms with E-state index in [0.29, 0.717) is 18.5 Å². The van der Waals surface area contributed by atoms with Gasteiger partial charge in [0.1, 0.15) is 0 Å². The molecule has 0 bridgehead atoms. The van der Waals surface area contributed by atoms with Crippen LogP contribution in [0.1, 0.15) is 77.7 Å². The van der Waals surface area contributed by atoms with Gasteiger partial charge in [-0.3, -0.25) is 4.79 Å². The van der Waals surface area contributed by atoms with Gasteiger partial charge in [0.25, 0.3) is 0 Å². The first-order valence-electron chi connectivity index (χ1n) is 11.3. The lowest BCUT2D eigenvalue weighted by molar-refractivity contribution is -0.136. The molecule has 1 aromatic rings. The molecule has 4 heteroatoms. The maximum Gasteiger partial charge on any atom is 0.225 e. The van der Waals surface area contributed by atoms with E-state index in [2.05, 4.69) is 30.6 Å². The molecular weight excluding hydrogens is 368 g/mol. The molecule has 1 aliphatic rings. The highest BCUT2D eigenvalue weighted by molar-refractivity contribution is 6.30. The summed E-state index contributed by atoms with van der Waals surface area (Å²) in [5.41, 5.74) is 1.16. The van der Waals surface area contributed by atoms with Gasteiger partial charge in [-0.1, -0.05) is 56.8 Å². The Labute approximate surface area is 177 Å². The van der Waals surface area contributed by atoms with E-state index in [-0.39, 0.29) is 5.92 Å². The van der Waals surface area contributed by atoms with Crippen LogP contribution in [0, 0.1) is 5.92 Å². The van der Waals surface area contributed by atoms with Gasteiger partial charge in [-0.25, -0.2) is 0 Å². The fraction of sp³-hybridized carbons (Fsp3) is 0.708. The highest BCUT2D eigenvalue weighted by atomic mass is 35.5. The summed E-state index contributed by atoms with van der Waals surface area (Å²) < 4.78 is 0. The van der Waals surface area contributed by atoms with Crippen molar-refractivity contribution in [1.82, 2.24) is 9.80 Å². The predicted molar refractivity (Wildman–Crippen MR) is 120 cm³/mol. The summed E-state index contributed by atoms with van der Waals surface area (Å²) in [5.74, 6) is 0.485. The van der Waals surface area contributed by atoms with Gasteiger partial charge >= 0.3 is 0 Å². The first-order valence-corrected chi connectivity index (χ1v) is 11.7. The third-order valence-electron chi connectivity index (χ3n) is 6.16. The van der Waals surface area contributed by atoms with Gasteiger partial charge in [0, 0.05) is 36.6 Å². The molecule has 2 atom stereocenters. The number of hydrogen-bond acceptors (Lipinski definition) is 2. The highest BCUT2D eigenvalue weighted by Crippen LogP contribution is 2.20. The van der Waals surface area contributed by atoms with Crippen molar-refractivity contribution in [2.75, 3.05) is 19.6 Å². The van der Waals surface area contributed by atoms with Crippen LogP contribution in [0.15, 0.2) is 24.3 Å². The Morgan fingerprint density at radius 1 is 1.21 bits per heavy atom. The molecule has 1 aromatic carbocycles. The topological polar surface area (TPSA) is 23.6 Å². The van der Waals surface area contributed by atoms with Gasteiger partial charge in [0.05, 0.1) is 0 Å².